The number of hydrogen-bond acceptors (Lipinski definition) is 9. The van der Waals surface area contributed by atoms with Gasteiger partial charge < -0.3 is 24.4 Å². The predicted molar refractivity (Wildman–Crippen MR) is 176 cm³/mol. The summed E-state index contributed by atoms with van der Waals surface area (Å²) in [6.45, 7) is 3.60. The lowest BCUT2D eigenvalue weighted by Crippen LogP contribution is -2.19. The Bertz CT molecular complexity index is 1810. The van der Waals surface area contributed by atoms with Crippen LogP contribution in [0.2, 0.25) is 0 Å². The van der Waals surface area contributed by atoms with Crippen molar-refractivity contribution < 1.29 is 55.0 Å². The lowest BCUT2D eigenvalue weighted by atomic mass is 10.0. The van der Waals surface area contributed by atoms with Crippen LogP contribution in [0.1, 0.15) is 37.1 Å². The Morgan fingerprint density at radius 3 is 2.12 bits per heavy atom. The predicted octanol–water partition coefficient (Wildman–Crippen LogP) is 9.24. The van der Waals surface area contributed by atoms with Crippen molar-refractivity contribution in [1.29, 1.82) is 0 Å². The molecule has 49 heavy (non-hydrogen) atoms. The second-order valence-electron chi connectivity index (χ2n) is 9.50. The number of aromatic nitrogens is 1. The first kappa shape index (κ1) is 39.3. The second kappa shape index (κ2) is 17.0. The summed E-state index contributed by atoms with van der Waals surface area (Å²) in [4.78, 5) is 31.5. The van der Waals surface area contributed by atoms with E-state index in [2.05, 4.69) is 52.1 Å². The summed E-state index contributed by atoms with van der Waals surface area (Å²) in [5, 5.41) is 6.03. The zero-order chi connectivity index (χ0) is 36.5. The highest BCUT2D eigenvalue weighted by atomic mass is 79.9. The monoisotopic (exact) mass is 839 g/mol. The molecule has 1 amide bonds. The van der Waals surface area contributed by atoms with Gasteiger partial charge in [-0.3, -0.25) is 4.79 Å². The Kier molecular flexibility index (Phi) is 13.6. The third kappa shape index (κ3) is 11.2. The number of amides is 1. The first-order valence-electron chi connectivity index (χ1n) is 13.5. The Morgan fingerprint density at radius 2 is 1.55 bits per heavy atom. The number of methoxy groups -OCH3 is 1. The normalized spacial score (nSPS) is 11.6. The fourth-order valence-electron chi connectivity index (χ4n) is 3.94. The number of nitrogens with one attached hydrogen (secondary N) is 1. The number of alkyl halides is 6. The third-order valence-electron chi connectivity index (χ3n) is 6.01. The first-order valence-corrected chi connectivity index (χ1v) is 15.9. The van der Waals surface area contributed by atoms with Gasteiger partial charge in [0.1, 0.15) is 30.1 Å². The van der Waals surface area contributed by atoms with E-state index in [4.69, 9.17) is 14.3 Å². The van der Waals surface area contributed by atoms with Gasteiger partial charge in [-0.15, -0.1) is 24.5 Å². The van der Waals surface area contributed by atoms with Crippen LogP contribution >= 0.6 is 43.2 Å². The molecule has 4 aromatic rings. The number of carbonyl (C=O) groups is 2. The quantitative estimate of drug-likeness (QED) is 0.0775. The van der Waals surface area contributed by atoms with Crippen LogP contribution in [0.5, 0.6) is 11.5 Å². The summed E-state index contributed by atoms with van der Waals surface area (Å²) in [7, 11) is 2.69. The molecule has 1 heterocycles. The molecule has 0 aliphatic rings. The second-order valence-corrected chi connectivity index (χ2v) is 12.4. The van der Waals surface area contributed by atoms with Crippen molar-refractivity contribution >= 4 is 66.5 Å². The number of halogens is 8. The van der Waals surface area contributed by atoms with Crippen molar-refractivity contribution in [2.75, 3.05) is 19.5 Å². The highest BCUT2D eigenvalue weighted by molar-refractivity contribution is 9.11. The molecule has 0 fully saturated rings. The molecule has 9 nitrogen and oxygen atoms in total. The molecule has 4 rings (SSSR count). The van der Waals surface area contributed by atoms with Crippen LogP contribution in [-0.4, -0.2) is 43.2 Å². The number of hydrogen-bond donors (Lipinski definition) is 1. The number of oxime groups is 1. The molecule has 0 aliphatic carbocycles. The molecule has 1 aromatic heterocycles. The van der Waals surface area contributed by atoms with E-state index in [-0.39, 0.29) is 25.4 Å². The van der Waals surface area contributed by atoms with Crippen LogP contribution in [0.25, 0.3) is 0 Å². The fraction of sp³-hybridized carbons (Fsp3) is 0.226. The van der Waals surface area contributed by atoms with Crippen LogP contribution in [0.4, 0.5) is 32.0 Å². The summed E-state index contributed by atoms with van der Waals surface area (Å²) < 4.78 is 89.9. The molecular formula is C31H25Br2F6N3O6S. The molecule has 18 heteroatoms. The number of rotatable bonds is 9. The molecule has 0 radical (unpaired) electrons. The van der Waals surface area contributed by atoms with Gasteiger partial charge in [-0.25, -0.2) is 9.78 Å². The Labute approximate surface area is 296 Å². The summed E-state index contributed by atoms with van der Waals surface area (Å²) in [6.07, 6.45) is -9.75. The van der Waals surface area contributed by atoms with Crippen LogP contribution in [0.15, 0.2) is 74.8 Å². The van der Waals surface area contributed by atoms with Gasteiger partial charge in [-0.2, -0.15) is 13.2 Å². The smallest absolute Gasteiger partial charge is 0.489 e. The van der Waals surface area contributed by atoms with Crippen LogP contribution in [0, 0.1) is 13.8 Å². The SMILES string of the molecule is CO/N=C(/C(=O)OC)c1ccccc1COc1ccccc1C.Cc1nc(C(F)(F)F)c(C(=O)Nc2c(Br)cc(OC(F)(F)F)cc2Br)s1. The Morgan fingerprint density at radius 1 is 0.939 bits per heavy atom. The molecule has 0 spiro atoms. The fourth-order valence-corrected chi connectivity index (χ4v) is 6.12. The maximum atomic E-state index is 13.0. The van der Waals surface area contributed by atoms with Crippen molar-refractivity contribution in [1.82, 2.24) is 4.98 Å². The summed E-state index contributed by atoms with van der Waals surface area (Å²) in [6, 6.07) is 16.9. The van der Waals surface area contributed by atoms with Gasteiger partial charge in [0, 0.05) is 14.5 Å². The Hall–Kier alpha value is -4.16. The van der Waals surface area contributed by atoms with E-state index < -0.39 is 40.7 Å². The molecular weight excluding hydrogens is 816 g/mol. The number of aryl methyl sites for hydroxylation is 2. The van der Waals surface area contributed by atoms with E-state index in [0.29, 0.717) is 23.5 Å². The molecule has 0 aliphatic heterocycles. The number of para-hydroxylation sites is 1. The number of nitrogens with zero attached hydrogens (tertiary/aromatic N) is 2. The van der Waals surface area contributed by atoms with Crippen LogP contribution in [0.3, 0.4) is 0 Å². The molecule has 1 N–H and O–H groups in total. The van der Waals surface area contributed by atoms with E-state index in [1.165, 1.54) is 21.1 Å². The highest BCUT2D eigenvalue weighted by Gasteiger charge is 2.39. The van der Waals surface area contributed by atoms with Crippen LogP contribution < -0.4 is 14.8 Å². The lowest BCUT2D eigenvalue weighted by molar-refractivity contribution is -0.274. The van der Waals surface area contributed by atoms with Crippen molar-refractivity contribution in [2.45, 2.75) is 33.0 Å². The first-order chi connectivity index (χ1) is 22.9. The standard InChI is InChI=1S/C18H19NO4.C13H6Br2F6N2O2S/c1-13-8-4-7-11-16(13)23-12-14-9-5-6-10-15(14)17(19-22-3)18(20)21-2;1-4-22-10(12(16,17)18)9(26-4)11(24)23-8-6(14)2-5(3-7(8)15)25-13(19,20)21/h4-11H,12H2,1-3H3;2-3H,1H3,(H,23,24)/b19-17+;. The largest absolute Gasteiger partial charge is 0.573 e. The van der Waals surface area contributed by atoms with Gasteiger partial charge in [0.05, 0.1) is 17.8 Å². The topological polar surface area (TPSA) is 108 Å². The third-order valence-corrected chi connectivity index (χ3v) is 8.23. The summed E-state index contributed by atoms with van der Waals surface area (Å²) in [5.41, 5.74) is 1.19. The van der Waals surface area contributed by atoms with E-state index in [1.54, 1.807) is 6.07 Å². The van der Waals surface area contributed by atoms with Gasteiger partial charge in [0.15, 0.2) is 11.4 Å². The molecule has 0 saturated heterocycles. The molecule has 262 valence electrons. The zero-order valence-corrected chi connectivity index (χ0v) is 29.7. The average Bonchev–Trinajstić information content (AvgIpc) is 3.43. The Balaban J connectivity index is 0.000000267. The number of esters is 1. The van der Waals surface area contributed by atoms with E-state index >= 15 is 0 Å². The minimum atomic E-state index is -4.93. The average molecular weight is 841 g/mol. The molecule has 0 unspecified atom stereocenters. The van der Waals surface area contributed by atoms with Crippen molar-refractivity contribution in [3.8, 4) is 11.5 Å². The maximum Gasteiger partial charge on any atom is 0.573 e. The minimum Gasteiger partial charge on any atom is -0.489 e. The number of ether oxygens (including phenoxy) is 3. The van der Waals surface area contributed by atoms with Crippen molar-refractivity contribution in [3.05, 3.63) is 102 Å². The highest BCUT2D eigenvalue weighted by Crippen LogP contribution is 2.39. The van der Waals surface area contributed by atoms with Gasteiger partial charge >= 0.3 is 18.5 Å². The molecule has 3 aromatic carbocycles. The van der Waals surface area contributed by atoms with Crippen molar-refractivity contribution in [2.24, 2.45) is 5.16 Å². The van der Waals surface area contributed by atoms with E-state index in [1.807, 2.05) is 49.4 Å². The minimum absolute atomic E-state index is 0.0331. The zero-order valence-electron chi connectivity index (χ0n) is 25.8. The molecule has 0 atom stereocenters. The number of carbonyl (C=O) groups excluding carboxylic acids is 2. The number of benzene rings is 3. The van der Waals surface area contributed by atoms with Crippen LogP contribution in [-0.2, 0) is 27.2 Å². The number of thiazole rings is 1. The maximum absolute atomic E-state index is 13.0. The molecule has 0 saturated carbocycles. The summed E-state index contributed by atoms with van der Waals surface area (Å²) in [5.74, 6) is -1.45. The van der Waals surface area contributed by atoms with E-state index in [0.717, 1.165) is 29.0 Å². The molecule has 0 bridgehead atoms. The van der Waals surface area contributed by atoms with Gasteiger partial charge in [0.2, 0.25) is 0 Å². The lowest BCUT2D eigenvalue weighted by Gasteiger charge is -2.14. The van der Waals surface area contributed by atoms with Gasteiger partial charge in [-0.1, -0.05) is 47.6 Å². The van der Waals surface area contributed by atoms with Gasteiger partial charge in [0.25, 0.3) is 5.91 Å². The number of anilines is 1. The van der Waals surface area contributed by atoms with Crippen molar-refractivity contribution in [3.63, 3.8) is 0 Å². The summed E-state index contributed by atoms with van der Waals surface area (Å²) >= 11 is 6.43. The van der Waals surface area contributed by atoms with E-state index in [9.17, 15) is 35.9 Å². The van der Waals surface area contributed by atoms with Gasteiger partial charge in [-0.05, 0) is 75.0 Å².